The molecule has 2 aliphatic heterocycles. The standard InChI is InChI=1S/C24H30Cl2N4O4/c1-13-8-14-9-18(21(31)32)30(23(2,3)4)24(14)12-29(7-6-15(24)20(13)34-5)22(33)28-19-16(25)10-27-11-17(19)26/h6-7,10-11,13-14,18H,8-9,12H2,1-5H3,(H,31,32)(H,27,28,33). The maximum absolute atomic E-state index is 13.4. The summed E-state index contributed by atoms with van der Waals surface area (Å²) in [7, 11) is 1.65. The average Bonchev–Trinajstić information content (AvgIpc) is 3.08. The van der Waals surface area contributed by atoms with Crippen LogP contribution in [0.15, 0.2) is 36.0 Å². The summed E-state index contributed by atoms with van der Waals surface area (Å²) in [6.45, 7) is 8.42. The Kier molecular flexibility index (Phi) is 6.38. The predicted octanol–water partition coefficient (Wildman–Crippen LogP) is 5.00. The number of carbonyl (C=O) groups is 2. The smallest absolute Gasteiger partial charge is 0.326 e. The molecule has 1 saturated heterocycles. The number of carboxylic acids is 1. The molecule has 3 heterocycles. The topological polar surface area (TPSA) is 95.0 Å². The van der Waals surface area contributed by atoms with E-state index >= 15 is 0 Å². The molecule has 4 rings (SSSR count). The summed E-state index contributed by atoms with van der Waals surface area (Å²) in [4.78, 5) is 33.3. The molecule has 8 nitrogen and oxygen atoms in total. The summed E-state index contributed by atoms with van der Waals surface area (Å²) in [5, 5.41) is 13.4. The van der Waals surface area contributed by atoms with Crippen LogP contribution in [0.3, 0.4) is 0 Å². The minimum atomic E-state index is -0.856. The highest BCUT2D eigenvalue weighted by atomic mass is 35.5. The second-order valence-corrected chi connectivity index (χ2v) is 11.0. The summed E-state index contributed by atoms with van der Waals surface area (Å²) >= 11 is 12.4. The summed E-state index contributed by atoms with van der Waals surface area (Å²) < 4.78 is 5.85. The lowest BCUT2D eigenvalue weighted by atomic mass is 9.66. The monoisotopic (exact) mass is 508 g/mol. The maximum atomic E-state index is 13.4. The van der Waals surface area contributed by atoms with Gasteiger partial charge in [-0.25, -0.2) is 4.79 Å². The molecular weight excluding hydrogens is 479 g/mol. The maximum Gasteiger partial charge on any atom is 0.326 e. The zero-order valence-corrected chi connectivity index (χ0v) is 21.4. The van der Waals surface area contributed by atoms with Gasteiger partial charge in [0.2, 0.25) is 0 Å². The van der Waals surface area contributed by atoms with E-state index in [0.717, 1.165) is 17.8 Å². The number of likely N-dealkylation sites (tertiary alicyclic amines) is 1. The van der Waals surface area contributed by atoms with Gasteiger partial charge in [0.15, 0.2) is 0 Å². The molecule has 4 atom stereocenters. The number of pyridine rings is 1. The number of nitrogens with one attached hydrogen (secondary N) is 1. The van der Waals surface area contributed by atoms with Crippen LogP contribution >= 0.6 is 23.2 Å². The van der Waals surface area contributed by atoms with Crippen molar-refractivity contribution in [2.45, 2.75) is 57.7 Å². The molecule has 0 bridgehead atoms. The van der Waals surface area contributed by atoms with E-state index in [1.807, 2.05) is 26.8 Å². The van der Waals surface area contributed by atoms with E-state index in [1.54, 1.807) is 18.2 Å². The molecule has 0 aromatic carbocycles. The average molecular weight is 509 g/mol. The third-order valence-electron chi connectivity index (χ3n) is 7.15. The van der Waals surface area contributed by atoms with E-state index < -0.39 is 29.1 Å². The fourth-order valence-electron chi connectivity index (χ4n) is 6.13. The Hall–Kier alpha value is -2.29. The molecular formula is C24H30Cl2N4O4. The molecule has 1 fully saturated rings. The van der Waals surface area contributed by atoms with Crippen molar-refractivity contribution in [2.24, 2.45) is 11.8 Å². The van der Waals surface area contributed by atoms with Crippen molar-refractivity contribution in [1.82, 2.24) is 14.8 Å². The Morgan fingerprint density at radius 1 is 1.24 bits per heavy atom. The summed E-state index contributed by atoms with van der Waals surface area (Å²) in [6.07, 6.45) is 7.70. The van der Waals surface area contributed by atoms with Crippen LogP contribution < -0.4 is 5.32 Å². The number of allylic oxidation sites excluding steroid dienone is 1. The molecule has 3 aliphatic rings. The number of carbonyl (C=O) groups excluding carboxylic acids is 1. The number of nitrogens with zero attached hydrogens (tertiary/aromatic N) is 3. The number of aromatic nitrogens is 1. The van der Waals surface area contributed by atoms with Crippen molar-refractivity contribution in [1.29, 1.82) is 0 Å². The normalized spacial score (nSPS) is 29.0. The largest absolute Gasteiger partial charge is 0.500 e. The first-order valence-electron chi connectivity index (χ1n) is 11.3. The number of aliphatic carboxylic acids is 1. The van der Waals surface area contributed by atoms with Crippen LogP contribution in [0.5, 0.6) is 0 Å². The molecule has 1 aromatic rings. The number of rotatable bonds is 3. The van der Waals surface area contributed by atoms with Gasteiger partial charge in [-0.3, -0.25) is 19.6 Å². The van der Waals surface area contributed by atoms with Gasteiger partial charge in [0, 0.05) is 35.6 Å². The second kappa shape index (κ2) is 8.73. The molecule has 184 valence electrons. The zero-order chi connectivity index (χ0) is 25.0. The van der Waals surface area contributed by atoms with Crippen molar-refractivity contribution in [3.8, 4) is 0 Å². The first kappa shape index (κ1) is 24.8. The lowest BCUT2D eigenvalue weighted by molar-refractivity contribution is -0.146. The minimum absolute atomic E-state index is 0.0325. The predicted molar refractivity (Wildman–Crippen MR) is 131 cm³/mol. The molecule has 1 aliphatic carbocycles. The zero-order valence-electron chi connectivity index (χ0n) is 19.9. The first-order valence-corrected chi connectivity index (χ1v) is 12.0. The fraction of sp³-hybridized carbons (Fsp3) is 0.542. The van der Waals surface area contributed by atoms with Gasteiger partial charge in [-0.2, -0.15) is 0 Å². The third-order valence-corrected chi connectivity index (χ3v) is 7.72. The molecule has 0 radical (unpaired) electrons. The van der Waals surface area contributed by atoms with Crippen molar-refractivity contribution in [3.63, 3.8) is 0 Å². The highest BCUT2D eigenvalue weighted by molar-refractivity contribution is 6.39. The molecule has 1 spiro atoms. The van der Waals surface area contributed by atoms with Crippen LogP contribution in [0, 0.1) is 11.8 Å². The van der Waals surface area contributed by atoms with E-state index in [-0.39, 0.29) is 34.1 Å². The van der Waals surface area contributed by atoms with E-state index in [4.69, 9.17) is 27.9 Å². The van der Waals surface area contributed by atoms with Crippen LogP contribution in [-0.4, -0.2) is 62.7 Å². The van der Waals surface area contributed by atoms with Crippen molar-refractivity contribution < 1.29 is 19.4 Å². The Bertz CT molecular complexity index is 1060. The van der Waals surface area contributed by atoms with E-state index in [0.29, 0.717) is 6.42 Å². The number of anilines is 1. The highest BCUT2D eigenvalue weighted by Gasteiger charge is 2.64. The van der Waals surface area contributed by atoms with E-state index in [2.05, 4.69) is 22.1 Å². The van der Waals surface area contributed by atoms with Crippen LogP contribution in [0.4, 0.5) is 10.5 Å². The number of methoxy groups -OCH3 is 1. The van der Waals surface area contributed by atoms with Crippen LogP contribution in [0.25, 0.3) is 0 Å². The molecule has 4 unspecified atom stereocenters. The van der Waals surface area contributed by atoms with Crippen LogP contribution in [0.2, 0.25) is 10.0 Å². The summed E-state index contributed by atoms with van der Waals surface area (Å²) in [6, 6.07) is -1.09. The van der Waals surface area contributed by atoms with Gasteiger partial charge in [-0.05, 0) is 45.6 Å². The van der Waals surface area contributed by atoms with Crippen LogP contribution in [-0.2, 0) is 9.53 Å². The van der Waals surface area contributed by atoms with Gasteiger partial charge in [0.05, 0.1) is 34.9 Å². The molecule has 2 N–H and O–H groups in total. The number of halogens is 2. The number of hydrogen-bond acceptors (Lipinski definition) is 5. The van der Waals surface area contributed by atoms with Gasteiger partial charge in [0.1, 0.15) is 11.8 Å². The Morgan fingerprint density at radius 3 is 2.44 bits per heavy atom. The Balaban J connectivity index is 1.82. The molecule has 10 heteroatoms. The van der Waals surface area contributed by atoms with Gasteiger partial charge in [-0.15, -0.1) is 0 Å². The van der Waals surface area contributed by atoms with Crippen molar-refractivity contribution in [3.05, 3.63) is 46.0 Å². The molecule has 2 amide bonds. The van der Waals surface area contributed by atoms with E-state index in [1.165, 1.54) is 12.4 Å². The number of ether oxygens (including phenoxy) is 1. The minimum Gasteiger partial charge on any atom is -0.500 e. The second-order valence-electron chi connectivity index (χ2n) is 10.2. The molecule has 0 saturated carbocycles. The van der Waals surface area contributed by atoms with Gasteiger partial charge in [-0.1, -0.05) is 30.1 Å². The molecule has 1 aromatic heterocycles. The first-order chi connectivity index (χ1) is 15.9. The fourth-order valence-corrected chi connectivity index (χ4v) is 6.59. The highest BCUT2D eigenvalue weighted by Crippen LogP contribution is 2.56. The lowest BCUT2D eigenvalue weighted by Crippen LogP contribution is -2.67. The SMILES string of the molecule is COC1=C2C=CN(C(=O)Nc3c(Cl)cncc3Cl)CC23C(CC1C)CC(C(=O)O)N3C(C)(C)C. The lowest BCUT2D eigenvalue weighted by Gasteiger charge is -2.55. The summed E-state index contributed by atoms with van der Waals surface area (Å²) in [5.74, 6) is 0.163. The van der Waals surface area contributed by atoms with Crippen LogP contribution in [0.1, 0.15) is 40.5 Å². The van der Waals surface area contributed by atoms with Crippen molar-refractivity contribution >= 4 is 40.9 Å². The van der Waals surface area contributed by atoms with Gasteiger partial charge >= 0.3 is 12.0 Å². The number of urea groups is 1. The number of carboxylic acid groups (broad SMARTS) is 1. The number of hydrogen-bond donors (Lipinski definition) is 2. The van der Waals surface area contributed by atoms with Gasteiger partial charge < -0.3 is 15.2 Å². The van der Waals surface area contributed by atoms with Crippen molar-refractivity contribution in [2.75, 3.05) is 19.0 Å². The Morgan fingerprint density at radius 2 is 1.88 bits per heavy atom. The quantitative estimate of drug-likeness (QED) is 0.596. The Labute approximate surface area is 209 Å². The summed E-state index contributed by atoms with van der Waals surface area (Å²) in [5.41, 5.74) is 0.0378. The van der Waals surface area contributed by atoms with Gasteiger partial charge in [0.25, 0.3) is 0 Å². The third kappa shape index (κ3) is 3.85. The number of amides is 2. The van der Waals surface area contributed by atoms with E-state index in [9.17, 15) is 14.7 Å². The molecule has 34 heavy (non-hydrogen) atoms.